The number of hydrogen-bond acceptors (Lipinski definition) is 5. The smallest absolute Gasteiger partial charge is 0.282 e. The molecule has 1 aliphatic heterocycles. The third-order valence-electron chi connectivity index (χ3n) is 3.78. The number of likely N-dealkylation sites (tertiary alicyclic amines) is 1. The highest BCUT2D eigenvalue weighted by Crippen LogP contribution is 2.27. The number of thioether (sulfide) groups is 1. The van der Waals surface area contributed by atoms with Gasteiger partial charge in [-0.15, -0.1) is 11.8 Å². The van der Waals surface area contributed by atoms with Crippen molar-refractivity contribution in [3.63, 3.8) is 0 Å². The van der Waals surface area contributed by atoms with E-state index in [1.165, 1.54) is 17.8 Å². The van der Waals surface area contributed by atoms with Crippen LogP contribution in [0.1, 0.15) is 23.7 Å². The summed E-state index contributed by atoms with van der Waals surface area (Å²) in [5.41, 5.74) is -0.0491. The van der Waals surface area contributed by atoms with E-state index >= 15 is 0 Å². The van der Waals surface area contributed by atoms with E-state index in [0.717, 1.165) is 4.90 Å². The second kappa shape index (κ2) is 6.44. The number of nitro benzene ring substituents is 1. The standard InChI is InChI=1S/C14H18N2O4S/c1-9-8-15(6-5-13(9)17)14(18)11-7-10(21-2)3-4-12(11)16(19)20/h3-4,7,9,13,17H,5-6,8H2,1-2H3/t9-,13+/m1/s1. The van der Waals surface area contributed by atoms with Crippen LogP contribution >= 0.6 is 11.8 Å². The van der Waals surface area contributed by atoms with E-state index in [1.54, 1.807) is 17.0 Å². The van der Waals surface area contributed by atoms with Gasteiger partial charge in [0.1, 0.15) is 5.56 Å². The highest BCUT2D eigenvalue weighted by atomic mass is 32.2. The first kappa shape index (κ1) is 15.8. The van der Waals surface area contributed by atoms with E-state index in [4.69, 9.17) is 0 Å². The number of amides is 1. The Morgan fingerprint density at radius 2 is 2.24 bits per heavy atom. The number of benzene rings is 1. The van der Waals surface area contributed by atoms with Gasteiger partial charge in [0.05, 0.1) is 11.0 Å². The minimum absolute atomic E-state index is 0.0227. The lowest BCUT2D eigenvalue weighted by Crippen LogP contribution is -2.45. The first-order valence-corrected chi connectivity index (χ1v) is 7.96. The molecule has 0 aliphatic carbocycles. The Morgan fingerprint density at radius 3 is 2.81 bits per heavy atom. The van der Waals surface area contributed by atoms with Gasteiger partial charge in [-0.05, 0) is 30.7 Å². The molecule has 114 valence electrons. The number of carbonyl (C=O) groups excluding carboxylic acids is 1. The monoisotopic (exact) mass is 310 g/mol. The number of nitrogens with zero attached hydrogens (tertiary/aromatic N) is 2. The Kier molecular flexibility index (Phi) is 4.84. The van der Waals surface area contributed by atoms with Gasteiger partial charge < -0.3 is 10.0 Å². The van der Waals surface area contributed by atoms with Crippen LogP contribution in [0.15, 0.2) is 23.1 Å². The zero-order chi connectivity index (χ0) is 15.6. The normalized spacial score (nSPS) is 22.1. The molecule has 0 spiro atoms. The molecule has 1 aliphatic rings. The van der Waals surface area contributed by atoms with Gasteiger partial charge >= 0.3 is 0 Å². The van der Waals surface area contributed by atoms with Crippen LogP contribution in [0, 0.1) is 16.0 Å². The lowest BCUT2D eigenvalue weighted by atomic mass is 9.96. The van der Waals surface area contributed by atoms with Crippen LogP contribution in [0.3, 0.4) is 0 Å². The maximum absolute atomic E-state index is 12.6. The SMILES string of the molecule is CSc1ccc([N+](=O)[O-])c(C(=O)N2CC[C@H](O)[C@H](C)C2)c1. The van der Waals surface area contributed by atoms with Gasteiger partial charge in [0, 0.05) is 24.1 Å². The summed E-state index contributed by atoms with van der Waals surface area (Å²) in [6.07, 6.45) is 1.94. The summed E-state index contributed by atoms with van der Waals surface area (Å²) < 4.78 is 0. The Hall–Kier alpha value is -1.60. The first-order chi connectivity index (χ1) is 9.93. The Balaban J connectivity index is 2.31. The second-order valence-electron chi connectivity index (χ2n) is 5.22. The number of hydrogen-bond donors (Lipinski definition) is 1. The molecule has 6 nitrogen and oxygen atoms in total. The maximum Gasteiger partial charge on any atom is 0.282 e. The van der Waals surface area contributed by atoms with Crippen molar-refractivity contribution >= 4 is 23.4 Å². The molecular weight excluding hydrogens is 292 g/mol. The lowest BCUT2D eigenvalue weighted by molar-refractivity contribution is -0.385. The van der Waals surface area contributed by atoms with Crippen molar-refractivity contribution in [3.05, 3.63) is 33.9 Å². The minimum Gasteiger partial charge on any atom is -0.393 e. The molecule has 1 fully saturated rings. The molecular formula is C14H18N2O4S. The molecule has 0 aromatic heterocycles. The zero-order valence-electron chi connectivity index (χ0n) is 12.0. The Morgan fingerprint density at radius 1 is 1.52 bits per heavy atom. The van der Waals surface area contributed by atoms with Crippen molar-refractivity contribution in [2.45, 2.75) is 24.3 Å². The van der Waals surface area contributed by atoms with Gasteiger partial charge in [-0.1, -0.05) is 6.92 Å². The minimum atomic E-state index is -0.528. The van der Waals surface area contributed by atoms with Crippen LogP contribution in [0.2, 0.25) is 0 Å². The van der Waals surface area contributed by atoms with Gasteiger partial charge in [0.25, 0.3) is 11.6 Å². The topological polar surface area (TPSA) is 83.7 Å². The Labute approximate surface area is 127 Å². The van der Waals surface area contributed by atoms with Gasteiger partial charge in [-0.25, -0.2) is 0 Å². The van der Waals surface area contributed by atoms with Gasteiger partial charge in [0.15, 0.2) is 0 Å². The highest BCUT2D eigenvalue weighted by Gasteiger charge is 2.31. The number of carbonyl (C=O) groups is 1. The fraction of sp³-hybridized carbons (Fsp3) is 0.500. The zero-order valence-corrected chi connectivity index (χ0v) is 12.8. The summed E-state index contributed by atoms with van der Waals surface area (Å²) in [5, 5.41) is 20.8. The number of aliphatic hydroxyl groups excluding tert-OH is 1. The van der Waals surface area contributed by atoms with Crippen molar-refractivity contribution in [2.24, 2.45) is 5.92 Å². The average Bonchev–Trinajstić information content (AvgIpc) is 2.48. The third-order valence-corrected chi connectivity index (χ3v) is 4.50. The largest absolute Gasteiger partial charge is 0.393 e. The molecule has 0 radical (unpaired) electrons. The summed E-state index contributed by atoms with van der Waals surface area (Å²) in [6, 6.07) is 4.59. The number of aliphatic hydroxyl groups is 1. The van der Waals surface area contributed by atoms with Crippen molar-refractivity contribution in [2.75, 3.05) is 19.3 Å². The van der Waals surface area contributed by atoms with Crippen molar-refractivity contribution < 1.29 is 14.8 Å². The van der Waals surface area contributed by atoms with Crippen LogP contribution in [-0.4, -0.2) is 46.3 Å². The van der Waals surface area contributed by atoms with Crippen molar-refractivity contribution in [3.8, 4) is 0 Å². The van der Waals surface area contributed by atoms with Crippen molar-refractivity contribution in [1.29, 1.82) is 0 Å². The van der Waals surface area contributed by atoms with Crippen LogP contribution in [-0.2, 0) is 0 Å². The molecule has 2 atom stereocenters. The van der Waals surface area contributed by atoms with Gasteiger partial charge in [-0.2, -0.15) is 0 Å². The molecule has 2 rings (SSSR count). The summed E-state index contributed by atoms with van der Waals surface area (Å²) in [7, 11) is 0. The third kappa shape index (κ3) is 3.36. The van der Waals surface area contributed by atoms with E-state index < -0.39 is 11.0 Å². The highest BCUT2D eigenvalue weighted by molar-refractivity contribution is 7.98. The molecule has 0 bridgehead atoms. The predicted octanol–water partition coefficient (Wildman–Crippen LogP) is 2.16. The molecule has 21 heavy (non-hydrogen) atoms. The fourth-order valence-corrected chi connectivity index (χ4v) is 2.90. The number of rotatable bonds is 3. The van der Waals surface area contributed by atoms with E-state index in [1.807, 2.05) is 13.2 Å². The predicted molar refractivity (Wildman–Crippen MR) is 80.6 cm³/mol. The van der Waals surface area contributed by atoms with E-state index in [9.17, 15) is 20.0 Å². The van der Waals surface area contributed by atoms with Crippen LogP contribution < -0.4 is 0 Å². The number of piperidine rings is 1. The average molecular weight is 310 g/mol. The molecule has 0 unspecified atom stereocenters. The first-order valence-electron chi connectivity index (χ1n) is 6.73. The Bertz CT molecular complexity index is 564. The molecule has 1 amide bonds. The van der Waals surface area contributed by atoms with Gasteiger partial charge in [0.2, 0.25) is 0 Å². The van der Waals surface area contributed by atoms with Crippen LogP contribution in [0.25, 0.3) is 0 Å². The summed E-state index contributed by atoms with van der Waals surface area (Å²) in [6.45, 7) is 2.71. The summed E-state index contributed by atoms with van der Waals surface area (Å²) >= 11 is 1.44. The molecule has 7 heteroatoms. The molecule has 1 N–H and O–H groups in total. The van der Waals surface area contributed by atoms with E-state index in [2.05, 4.69) is 0 Å². The summed E-state index contributed by atoms with van der Waals surface area (Å²) in [5.74, 6) is -0.359. The maximum atomic E-state index is 12.6. The van der Waals surface area contributed by atoms with E-state index in [0.29, 0.717) is 19.5 Å². The van der Waals surface area contributed by atoms with Crippen LogP contribution in [0.5, 0.6) is 0 Å². The molecule has 1 aromatic carbocycles. The molecule has 1 saturated heterocycles. The van der Waals surface area contributed by atoms with Crippen molar-refractivity contribution in [1.82, 2.24) is 4.90 Å². The van der Waals surface area contributed by atoms with Gasteiger partial charge in [-0.3, -0.25) is 14.9 Å². The fourth-order valence-electron chi connectivity index (χ4n) is 2.46. The van der Waals surface area contributed by atoms with Crippen LogP contribution in [0.4, 0.5) is 5.69 Å². The summed E-state index contributed by atoms with van der Waals surface area (Å²) in [4.78, 5) is 25.6. The number of nitro groups is 1. The molecule has 1 aromatic rings. The lowest BCUT2D eigenvalue weighted by Gasteiger charge is -2.34. The quantitative estimate of drug-likeness (QED) is 0.525. The molecule has 0 saturated carbocycles. The molecule has 1 heterocycles. The van der Waals surface area contributed by atoms with E-state index in [-0.39, 0.29) is 23.1 Å². The second-order valence-corrected chi connectivity index (χ2v) is 6.10.